The van der Waals surface area contributed by atoms with Crippen molar-refractivity contribution in [2.24, 2.45) is 0 Å². The molecule has 1 aromatic carbocycles. The highest BCUT2D eigenvalue weighted by Crippen LogP contribution is 2.28. The maximum absolute atomic E-state index is 12.5. The van der Waals surface area contributed by atoms with E-state index >= 15 is 0 Å². The van der Waals surface area contributed by atoms with Crippen molar-refractivity contribution in [3.05, 3.63) is 35.4 Å². The Morgan fingerprint density at radius 2 is 1.84 bits per heavy atom. The number of hydrogen-bond acceptors (Lipinski definition) is 1. The zero-order chi connectivity index (χ0) is 14.3. The van der Waals surface area contributed by atoms with Gasteiger partial charge in [0, 0.05) is 0 Å². The summed E-state index contributed by atoms with van der Waals surface area (Å²) in [4.78, 5) is 0. The number of hydrogen-bond donors (Lipinski definition) is 0. The number of ether oxygens (including phenoxy) is 1. The number of allylic oxidation sites excluding steroid dienone is 1. The first-order valence-electron chi connectivity index (χ1n) is 6.35. The van der Waals surface area contributed by atoms with Gasteiger partial charge in [-0.2, -0.15) is 13.2 Å². The Hall–Kier alpha value is -1.45. The highest BCUT2D eigenvalue weighted by atomic mass is 19.4. The summed E-state index contributed by atoms with van der Waals surface area (Å²) in [6.07, 6.45) is -1.20. The summed E-state index contributed by atoms with van der Waals surface area (Å²) in [6.45, 7) is 1.97. The lowest BCUT2D eigenvalue weighted by atomic mass is 10.0. The molecule has 0 aromatic heterocycles. The SMILES string of the molecule is CCCC/C(=C\c1ccc(OC)cc1)CC(F)(F)F. The van der Waals surface area contributed by atoms with E-state index in [1.807, 2.05) is 6.92 Å². The zero-order valence-electron chi connectivity index (χ0n) is 11.3. The van der Waals surface area contributed by atoms with E-state index in [-0.39, 0.29) is 0 Å². The number of benzene rings is 1. The fourth-order valence-corrected chi connectivity index (χ4v) is 1.81. The van der Waals surface area contributed by atoms with Crippen molar-refractivity contribution in [1.82, 2.24) is 0 Å². The van der Waals surface area contributed by atoms with Crippen LogP contribution in [0.4, 0.5) is 13.2 Å². The van der Waals surface area contributed by atoms with Crippen LogP contribution in [0.1, 0.15) is 38.2 Å². The van der Waals surface area contributed by atoms with Crippen molar-refractivity contribution in [2.75, 3.05) is 7.11 Å². The third-order valence-electron chi connectivity index (χ3n) is 2.77. The molecule has 0 radical (unpaired) electrons. The molecule has 0 fully saturated rings. The highest BCUT2D eigenvalue weighted by Gasteiger charge is 2.28. The molecule has 0 saturated carbocycles. The Bertz CT molecular complexity index is 404. The summed E-state index contributed by atoms with van der Waals surface area (Å²) in [7, 11) is 1.56. The van der Waals surface area contributed by atoms with Crippen LogP contribution < -0.4 is 4.74 Å². The van der Waals surface area contributed by atoms with E-state index in [0.29, 0.717) is 17.7 Å². The fourth-order valence-electron chi connectivity index (χ4n) is 1.81. The molecule has 0 aliphatic heterocycles. The first-order chi connectivity index (χ1) is 8.94. The zero-order valence-corrected chi connectivity index (χ0v) is 11.3. The predicted molar refractivity (Wildman–Crippen MR) is 71.2 cm³/mol. The van der Waals surface area contributed by atoms with Crippen molar-refractivity contribution in [1.29, 1.82) is 0 Å². The quantitative estimate of drug-likeness (QED) is 0.689. The smallest absolute Gasteiger partial charge is 0.392 e. The summed E-state index contributed by atoms with van der Waals surface area (Å²) in [5, 5.41) is 0. The molecule has 0 unspecified atom stereocenters. The Morgan fingerprint density at radius 1 is 1.21 bits per heavy atom. The molecule has 0 N–H and O–H groups in total. The van der Waals surface area contributed by atoms with E-state index < -0.39 is 12.6 Å². The summed E-state index contributed by atoms with van der Waals surface area (Å²) >= 11 is 0. The molecule has 0 amide bonds. The lowest BCUT2D eigenvalue weighted by molar-refractivity contribution is -0.127. The third-order valence-corrected chi connectivity index (χ3v) is 2.77. The van der Waals surface area contributed by atoms with Gasteiger partial charge in [-0.1, -0.05) is 37.1 Å². The van der Waals surface area contributed by atoms with Crippen LogP contribution in [0.5, 0.6) is 5.75 Å². The minimum Gasteiger partial charge on any atom is -0.497 e. The number of alkyl halides is 3. The van der Waals surface area contributed by atoms with Crippen LogP contribution in [-0.2, 0) is 0 Å². The van der Waals surface area contributed by atoms with E-state index in [1.54, 1.807) is 37.5 Å². The van der Waals surface area contributed by atoms with E-state index in [4.69, 9.17) is 4.74 Å². The van der Waals surface area contributed by atoms with Gasteiger partial charge >= 0.3 is 6.18 Å². The lowest BCUT2D eigenvalue weighted by Gasteiger charge is -2.10. The number of halogens is 3. The minimum absolute atomic E-state index is 0.430. The van der Waals surface area contributed by atoms with Crippen molar-refractivity contribution in [3.8, 4) is 5.75 Å². The molecule has 4 heteroatoms. The summed E-state index contributed by atoms with van der Waals surface area (Å²) < 4.78 is 42.5. The summed E-state index contributed by atoms with van der Waals surface area (Å²) in [5.74, 6) is 0.697. The Balaban J connectivity index is 2.84. The van der Waals surface area contributed by atoms with Crippen LogP contribution in [0.15, 0.2) is 29.8 Å². The third kappa shape index (κ3) is 6.32. The van der Waals surface area contributed by atoms with Gasteiger partial charge in [-0.15, -0.1) is 0 Å². The van der Waals surface area contributed by atoms with Crippen LogP contribution >= 0.6 is 0 Å². The predicted octanol–water partition coefficient (Wildman–Crippen LogP) is 5.22. The van der Waals surface area contributed by atoms with Gasteiger partial charge in [0.2, 0.25) is 0 Å². The van der Waals surface area contributed by atoms with E-state index in [9.17, 15) is 13.2 Å². The van der Waals surface area contributed by atoms with Gasteiger partial charge in [0.1, 0.15) is 5.75 Å². The monoisotopic (exact) mass is 272 g/mol. The molecular formula is C15H19F3O. The largest absolute Gasteiger partial charge is 0.497 e. The topological polar surface area (TPSA) is 9.23 Å². The second-order valence-electron chi connectivity index (χ2n) is 4.47. The molecule has 1 aromatic rings. The Labute approximate surface area is 112 Å². The summed E-state index contributed by atoms with van der Waals surface area (Å²) in [6, 6.07) is 7.02. The van der Waals surface area contributed by atoms with E-state index in [0.717, 1.165) is 18.4 Å². The number of methoxy groups -OCH3 is 1. The minimum atomic E-state index is -4.15. The van der Waals surface area contributed by atoms with Gasteiger partial charge in [-0.3, -0.25) is 0 Å². The maximum atomic E-state index is 12.5. The van der Waals surface area contributed by atoms with Crippen molar-refractivity contribution >= 4 is 6.08 Å². The second kappa shape index (κ2) is 7.22. The molecule has 0 spiro atoms. The molecule has 106 valence electrons. The first kappa shape index (κ1) is 15.6. The molecule has 19 heavy (non-hydrogen) atoms. The van der Waals surface area contributed by atoms with Gasteiger partial charge in [0.05, 0.1) is 13.5 Å². The molecule has 0 aliphatic rings. The molecular weight excluding hydrogens is 253 g/mol. The van der Waals surface area contributed by atoms with Crippen molar-refractivity contribution in [3.63, 3.8) is 0 Å². The van der Waals surface area contributed by atoms with Gasteiger partial charge < -0.3 is 4.74 Å². The normalized spacial score (nSPS) is 12.6. The highest BCUT2D eigenvalue weighted by molar-refractivity contribution is 5.54. The number of rotatable bonds is 6. The molecule has 1 rings (SSSR count). The number of unbranched alkanes of at least 4 members (excludes halogenated alkanes) is 1. The van der Waals surface area contributed by atoms with Crippen LogP contribution in [0.25, 0.3) is 6.08 Å². The second-order valence-corrected chi connectivity index (χ2v) is 4.47. The molecule has 0 atom stereocenters. The van der Waals surface area contributed by atoms with Crippen LogP contribution in [0.2, 0.25) is 0 Å². The van der Waals surface area contributed by atoms with Gasteiger partial charge in [-0.25, -0.2) is 0 Å². The van der Waals surface area contributed by atoms with Crippen LogP contribution in [0, 0.1) is 0 Å². The van der Waals surface area contributed by atoms with Crippen LogP contribution in [-0.4, -0.2) is 13.3 Å². The van der Waals surface area contributed by atoms with Crippen LogP contribution in [0.3, 0.4) is 0 Å². The van der Waals surface area contributed by atoms with Gasteiger partial charge in [0.15, 0.2) is 0 Å². The van der Waals surface area contributed by atoms with E-state index in [2.05, 4.69) is 0 Å². The Morgan fingerprint density at radius 3 is 2.32 bits per heavy atom. The van der Waals surface area contributed by atoms with Crippen molar-refractivity contribution in [2.45, 2.75) is 38.8 Å². The molecule has 0 aliphatic carbocycles. The average molecular weight is 272 g/mol. The molecule has 0 saturated heterocycles. The molecule has 0 bridgehead atoms. The van der Waals surface area contributed by atoms with Crippen molar-refractivity contribution < 1.29 is 17.9 Å². The van der Waals surface area contributed by atoms with Gasteiger partial charge in [-0.05, 0) is 30.5 Å². The lowest BCUT2D eigenvalue weighted by Crippen LogP contribution is -2.08. The molecule has 1 nitrogen and oxygen atoms in total. The Kier molecular flexibility index (Phi) is 5.93. The van der Waals surface area contributed by atoms with Gasteiger partial charge in [0.25, 0.3) is 0 Å². The maximum Gasteiger partial charge on any atom is 0.392 e. The first-order valence-corrected chi connectivity index (χ1v) is 6.35. The average Bonchev–Trinajstić information content (AvgIpc) is 2.35. The molecule has 0 heterocycles. The fraction of sp³-hybridized carbons (Fsp3) is 0.467. The summed E-state index contributed by atoms with van der Waals surface area (Å²) in [5.41, 5.74) is 1.20. The van der Waals surface area contributed by atoms with E-state index in [1.165, 1.54) is 0 Å². The standard InChI is InChI=1S/C15H19F3O/c1-3-4-5-13(11-15(16,17)18)10-12-6-8-14(19-2)9-7-12/h6-10H,3-5,11H2,1-2H3/b13-10+.